The first kappa shape index (κ1) is 11.3. The van der Waals surface area contributed by atoms with E-state index in [9.17, 15) is 0 Å². The zero-order valence-corrected chi connectivity index (χ0v) is 9.59. The third-order valence-corrected chi connectivity index (χ3v) is 2.80. The van der Waals surface area contributed by atoms with Gasteiger partial charge in [0, 0.05) is 17.3 Å². The first-order valence-corrected chi connectivity index (χ1v) is 5.63. The second-order valence-electron chi connectivity index (χ2n) is 3.06. The van der Waals surface area contributed by atoms with Crippen molar-refractivity contribution in [2.45, 2.75) is 6.61 Å². The van der Waals surface area contributed by atoms with Crippen LogP contribution in [0.15, 0.2) is 35.1 Å². The van der Waals surface area contributed by atoms with Gasteiger partial charge in [-0.05, 0) is 11.4 Å². The summed E-state index contributed by atoms with van der Waals surface area (Å²) in [5.74, 6) is 0.121. The first-order valence-electron chi connectivity index (χ1n) is 4.75. The number of hydrogen-bond donors (Lipinski definition) is 2. The molecule has 7 heteroatoms. The van der Waals surface area contributed by atoms with Crippen LogP contribution in [-0.4, -0.2) is 21.0 Å². The largest absolute Gasteiger partial charge is 0.470 e. The summed E-state index contributed by atoms with van der Waals surface area (Å²) in [4.78, 5) is 9.00. The Bertz CT molecular complexity index is 513. The maximum absolute atomic E-state index is 8.61. The SMILES string of the molecule is N/C(=N\O)c1nccnc1OCc1cccs1. The third kappa shape index (κ3) is 2.70. The Hall–Kier alpha value is -2.15. The molecule has 0 spiro atoms. The van der Waals surface area contributed by atoms with E-state index in [0.717, 1.165) is 4.88 Å². The fourth-order valence-corrected chi connectivity index (χ4v) is 1.80. The average molecular weight is 250 g/mol. The van der Waals surface area contributed by atoms with E-state index in [-0.39, 0.29) is 17.4 Å². The van der Waals surface area contributed by atoms with E-state index < -0.39 is 0 Å². The fourth-order valence-electron chi connectivity index (χ4n) is 1.19. The van der Waals surface area contributed by atoms with Gasteiger partial charge in [0.05, 0.1) is 0 Å². The highest BCUT2D eigenvalue weighted by Crippen LogP contribution is 2.15. The molecule has 6 nitrogen and oxygen atoms in total. The van der Waals surface area contributed by atoms with Crippen LogP contribution in [0.1, 0.15) is 10.6 Å². The monoisotopic (exact) mass is 250 g/mol. The Labute approximate surface area is 101 Å². The van der Waals surface area contributed by atoms with Crippen LogP contribution in [-0.2, 0) is 6.61 Å². The number of hydrogen-bond acceptors (Lipinski definition) is 6. The fraction of sp³-hybridized carbons (Fsp3) is 0.100. The number of thiophene rings is 1. The predicted octanol–water partition coefficient (Wildman–Crippen LogP) is 1.21. The van der Waals surface area contributed by atoms with Crippen LogP contribution in [0.3, 0.4) is 0 Å². The smallest absolute Gasteiger partial charge is 0.244 e. The lowest BCUT2D eigenvalue weighted by atomic mass is 10.4. The van der Waals surface area contributed by atoms with Gasteiger partial charge >= 0.3 is 0 Å². The van der Waals surface area contributed by atoms with Crippen molar-refractivity contribution in [2.24, 2.45) is 10.9 Å². The van der Waals surface area contributed by atoms with Gasteiger partial charge in [-0.2, -0.15) is 0 Å². The van der Waals surface area contributed by atoms with Gasteiger partial charge in [-0.15, -0.1) is 11.3 Å². The molecule has 17 heavy (non-hydrogen) atoms. The molecule has 2 aromatic heterocycles. The lowest BCUT2D eigenvalue weighted by molar-refractivity contribution is 0.293. The van der Waals surface area contributed by atoms with Crippen molar-refractivity contribution in [3.05, 3.63) is 40.5 Å². The van der Waals surface area contributed by atoms with Crippen molar-refractivity contribution >= 4 is 17.2 Å². The maximum atomic E-state index is 8.61. The molecule has 0 amide bonds. The standard InChI is InChI=1S/C10H10N4O2S/c11-9(14-15)8-10(13-4-3-12-8)16-6-7-2-1-5-17-7/h1-5,15H,6H2,(H2,11,14). The number of oxime groups is 1. The summed E-state index contributed by atoms with van der Waals surface area (Å²) in [5, 5.41) is 13.4. The summed E-state index contributed by atoms with van der Waals surface area (Å²) in [7, 11) is 0. The Morgan fingerprint density at radius 2 is 2.29 bits per heavy atom. The summed E-state index contributed by atoms with van der Waals surface area (Å²) >= 11 is 1.58. The highest BCUT2D eigenvalue weighted by atomic mass is 32.1. The minimum absolute atomic E-state index is 0.126. The quantitative estimate of drug-likeness (QED) is 0.368. The van der Waals surface area contributed by atoms with Crippen molar-refractivity contribution < 1.29 is 9.94 Å². The molecular weight excluding hydrogens is 240 g/mol. The summed E-state index contributed by atoms with van der Waals surface area (Å²) in [6.07, 6.45) is 2.93. The molecule has 0 bridgehead atoms. The van der Waals surface area contributed by atoms with Crippen LogP contribution in [0.5, 0.6) is 5.88 Å². The molecule has 0 aliphatic heterocycles. The van der Waals surface area contributed by atoms with E-state index >= 15 is 0 Å². The Balaban J connectivity index is 2.15. The molecule has 0 aliphatic carbocycles. The zero-order chi connectivity index (χ0) is 12.1. The zero-order valence-electron chi connectivity index (χ0n) is 8.78. The normalized spacial score (nSPS) is 11.4. The minimum Gasteiger partial charge on any atom is -0.470 e. The lowest BCUT2D eigenvalue weighted by Gasteiger charge is -2.06. The minimum atomic E-state index is -0.126. The van der Waals surface area contributed by atoms with Crippen molar-refractivity contribution in [3.8, 4) is 5.88 Å². The van der Waals surface area contributed by atoms with Crippen LogP contribution < -0.4 is 10.5 Å². The van der Waals surface area contributed by atoms with Crippen LogP contribution in [0.4, 0.5) is 0 Å². The van der Waals surface area contributed by atoms with Crippen molar-refractivity contribution in [2.75, 3.05) is 0 Å². The molecule has 0 unspecified atom stereocenters. The van der Waals surface area contributed by atoms with Gasteiger partial charge in [0.15, 0.2) is 11.5 Å². The van der Waals surface area contributed by atoms with Gasteiger partial charge in [0.2, 0.25) is 5.88 Å². The Morgan fingerprint density at radius 3 is 3.00 bits per heavy atom. The van der Waals surface area contributed by atoms with E-state index in [0.29, 0.717) is 6.61 Å². The lowest BCUT2D eigenvalue weighted by Crippen LogP contribution is -2.17. The first-order chi connectivity index (χ1) is 8.31. The van der Waals surface area contributed by atoms with Crippen LogP contribution in [0, 0.1) is 0 Å². The molecule has 0 aliphatic rings. The van der Waals surface area contributed by atoms with Gasteiger partial charge in [0.1, 0.15) is 6.61 Å². The molecule has 2 rings (SSSR count). The van der Waals surface area contributed by atoms with Crippen molar-refractivity contribution in [3.63, 3.8) is 0 Å². The number of amidine groups is 1. The van der Waals surface area contributed by atoms with E-state index in [1.54, 1.807) is 11.3 Å². The van der Waals surface area contributed by atoms with Crippen LogP contribution >= 0.6 is 11.3 Å². The van der Waals surface area contributed by atoms with E-state index in [1.807, 2.05) is 17.5 Å². The molecule has 0 saturated carbocycles. The molecule has 88 valence electrons. The van der Waals surface area contributed by atoms with E-state index in [1.165, 1.54) is 12.4 Å². The Morgan fingerprint density at radius 1 is 1.47 bits per heavy atom. The topological polar surface area (TPSA) is 93.6 Å². The number of rotatable bonds is 4. The van der Waals surface area contributed by atoms with Crippen molar-refractivity contribution in [1.82, 2.24) is 9.97 Å². The third-order valence-electron chi connectivity index (χ3n) is 1.95. The van der Waals surface area contributed by atoms with Gasteiger partial charge in [-0.3, -0.25) is 0 Å². The summed E-state index contributed by atoms with van der Waals surface area (Å²) in [5.41, 5.74) is 5.69. The molecule has 2 heterocycles. The van der Waals surface area contributed by atoms with Gasteiger partial charge < -0.3 is 15.7 Å². The van der Waals surface area contributed by atoms with Gasteiger partial charge in [0.25, 0.3) is 0 Å². The van der Waals surface area contributed by atoms with Crippen molar-refractivity contribution in [1.29, 1.82) is 0 Å². The summed E-state index contributed by atoms with van der Waals surface area (Å²) < 4.78 is 5.47. The van der Waals surface area contributed by atoms with Crippen LogP contribution in [0.25, 0.3) is 0 Å². The molecule has 0 radical (unpaired) electrons. The summed E-state index contributed by atoms with van der Waals surface area (Å²) in [6.45, 7) is 0.377. The molecule has 0 saturated heterocycles. The molecule has 3 N–H and O–H groups in total. The Kier molecular flexibility index (Phi) is 3.51. The number of nitrogens with zero attached hydrogens (tertiary/aromatic N) is 3. The van der Waals surface area contributed by atoms with Gasteiger partial charge in [-0.25, -0.2) is 9.97 Å². The molecule has 0 aromatic carbocycles. The van der Waals surface area contributed by atoms with E-state index in [2.05, 4.69) is 15.1 Å². The predicted molar refractivity (Wildman–Crippen MR) is 63.2 cm³/mol. The molecule has 2 aromatic rings. The number of nitrogens with two attached hydrogens (primary N) is 1. The molecular formula is C10H10N4O2S. The second-order valence-corrected chi connectivity index (χ2v) is 4.10. The highest BCUT2D eigenvalue weighted by molar-refractivity contribution is 7.09. The second kappa shape index (κ2) is 5.26. The maximum Gasteiger partial charge on any atom is 0.244 e. The number of ether oxygens (including phenoxy) is 1. The molecule has 0 fully saturated rings. The van der Waals surface area contributed by atoms with Crippen LogP contribution in [0.2, 0.25) is 0 Å². The number of aromatic nitrogens is 2. The average Bonchev–Trinajstić information content (AvgIpc) is 2.89. The highest BCUT2D eigenvalue weighted by Gasteiger charge is 2.11. The molecule has 0 atom stereocenters. The van der Waals surface area contributed by atoms with E-state index in [4.69, 9.17) is 15.7 Å². The van der Waals surface area contributed by atoms with Gasteiger partial charge in [-0.1, -0.05) is 11.2 Å². The summed E-state index contributed by atoms with van der Waals surface area (Å²) in [6, 6.07) is 3.88.